The van der Waals surface area contributed by atoms with Crippen molar-refractivity contribution in [1.29, 1.82) is 0 Å². The summed E-state index contributed by atoms with van der Waals surface area (Å²) < 4.78 is 16.3. The summed E-state index contributed by atoms with van der Waals surface area (Å²) in [6.45, 7) is 4.98. The molecular weight excluding hydrogens is 370 g/mol. The van der Waals surface area contributed by atoms with Gasteiger partial charge in [-0.2, -0.15) is 0 Å². The number of hydrogen-bond acceptors (Lipinski definition) is 6. The monoisotopic (exact) mass is 393 g/mol. The average Bonchev–Trinajstić information content (AvgIpc) is 3.38. The van der Waals surface area contributed by atoms with E-state index in [0.29, 0.717) is 39.6 Å². The Kier molecular flexibility index (Phi) is 4.38. The molecule has 1 fully saturated rings. The van der Waals surface area contributed by atoms with Gasteiger partial charge in [0.1, 0.15) is 0 Å². The molecule has 2 aromatic heterocycles. The third-order valence-corrected chi connectivity index (χ3v) is 5.88. The van der Waals surface area contributed by atoms with E-state index in [1.54, 1.807) is 0 Å². The molecule has 29 heavy (non-hydrogen) atoms. The number of hydrogen-bond donors (Lipinski definition) is 0. The largest absolute Gasteiger partial charge is 0.454 e. The van der Waals surface area contributed by atoms with Crippen molar-refractivity contribution in [2.45, 2.75) is 45.6 Å². The minimum atomic E-state index is 0.0252. The van der Waals surface area contributed by atoms with Crippen LogP contribution in [0.2, 0.25) is 0 Å². The van der Waals surface area contributed by atoms with Crippen LogP contribution in [0, 0.1) is 6.92 Å². The maximum absolute atomic E-state index is 13.6. The Labute approximate surface area is 168 Å². The summed E-state index contributed by atoms with van der Waals surface area (Å²) in [6.07, 6.45) is 4.21. The average molecular weight is 393 g/mol. The summed E-state index contributed by atoms with van der Waals surface area (Å²) in [4.78, 5) is 20.2. The normalized spacial score (nSPS) is 18.4. The topological polar surface area (TPSA) is 77.7 Å². The molecule has 5 rings (SSSR count). The zero-order valence-electron chi connectivity index (χ0n) is 16.6. The van der Waals surface area contributed by atoms with Crippen molar-refractivity contribution in [3.05, 3.63) is 35.5 Å². The van der Waals surface area contributed by atoms with E-state index in [2.05, 4.69) is 17.1 Å². The molecule has 1 unspecified atom stereocenters. The van der Waals surface area contributed by atoms with Crippen LogP contribution in [0.5, 0.6) is 11.5 Å². The molecule has 0 radical (unpaired) electrons. The predicted octanol–water partition coefficient (Wildman–Crippen LogP) is 4.33. The fourth-order valence-electron chi connectivity index (χ4n) is 4.31. The number of nitrogens with zero attached hydrogens (tertiary/aromatic N) is 3. The molecule has 0 N–H and O–H groups in total. The fourth-order valence-corrected chi connectivity index (χ4v) is 4.31. The zero-order chi connectivity index (χ0) is 20.0. The predicted molar refractivity (Wildman–Crippen MR) is 107 cm³/mol. The quantitative estimate of drug-likeness (QED) is 0.659. The van der Waals surface area contributed by atoms with Crippen LogP contribution in [-0.4, -0.2) is 40.3 Å². The summed E-state index contributed by atoms with van der Waals surface area (Å²) in [7, 11) is 0. The Bertz CT molecular complexity index is 1090. The van der Waals surface area contributed by atoms with Gasteiger partial charge in [0.05, 0.1) is 22.3 Å². The van der Waals surface area contributed by atoms with Crippen LogP contribution < -0.4 is 9.47 Å². The smallest absolute Gasteiger partial charge is 0.259 e. The molecule has 3 aromatic rings. The van der Waals surface area contributed by atoms with Gasteiger partial charge in [0.25, 0.3) is 11.6 Å². The second-order valence-electron chi connectivity index (χ2n) is 7.63. The fraction of sp³-hybridized carbons (Fsp3) is 0.409. The number of aromatic nitrogens is 2. The minimum Gasteiger partial charge on any atom is -0.454 e. The lowest BCUT2D eigenvalue weighted by molar-refractivity contribution is 0.0610. The van der Waals surface area contributed by atoms with Crippen molar-refractivity contribution in [2.75, 3.05) is 13.3 Å². The van der Waals surface area contributed by atoms with Crippen LogP contribution >= 0.6 is 0 Å². The summed E-state index contributed by atoms with van der Waals surface area (Å²) in [5.74, 6) is 1.41. The highest BCUT2D eigenvalue weighted by molar-refractivity contribution is 6.07. The molecule has 2 aliphatic rings. The number of ether oxygens (including phenoxy) is 2. The Balaban J connectivity index is 1.62. The number of rotatable bonds is 3. The lowest BCUT2D eigenvalue weighted by atomic mass is 9.97. The third-order valence-electron chi connectivity index (χ3n) is 5.88. The first-order chi connectivity index (χ1) is 14.2. The van der Waals surface area contributed by atoms with E-state index >= 15 is 0 Å². The van der Waals surface area contributed by atoms with E-state index in [-0.39, 0.29) is 18.7 Å². The van der Waals surface area contributed by atoms with Gasteiger partial charge in [-0.15, -0.1) is 0 Å². The summed E-state index contributed by atoms with van der Waals surface area (Å²) in [5.41, 5.74) is 3.15. The maximum atomic E-state index is 13.6. The third kappa shape index (κ3) is 3.01. The highest BCUT2D eigenvalue weighted by Crippen LogP contribution is 2.37. The number of carbonyl (C=O) groups is 1. The van der Waals surface area contributed by atoms with E-state index in [1.165, 1.54) is 6.42 Å². The van der Waals surface area contributed by atoms with Crippen LogP contribution in [0.3, 0.4) is 0 Å². The van der Waals surface area contributed by atoms with Gasteiger partial charge in [0.2, 0.25) is 6.79 Å². The lowest BCUT2D eigenvalue weighted by Gasteiger charge is -2.35. The highest BCUT2D eigenvalue weighted by Gasteiger charge is 2.29. The van der Waals surface area contributed by atoms with Crippen molar-refractivity contribution in [3.63, 3.8) is 0 Å². The number of carbonyl (C=O) groups excluding carboxylic acids is 1. The first kappa shape index (κ1) is 18.0. The number of likely N-dealkylation sites (tertiary alicyclic amines) is 1. The van der Waals surface area contributed by atoms with Gasteiger partial charge < -0.3 is 18.9 Å². The van der Waals surface area contributed by atoms with Crippen molar-refractivity contribution in [2.24, 2.45) is 0 Å². The second kappa shape index (κ2) is 7.06. The van der Waals surface area contributed by atoms with Crippen molar-refractivity contribution < 1.29 is 18.8 Å². The van der Waals surface area contributed by atoms with Crippen LogP contribution in [-0.2, 0) is 0 Å². The van der Waals surface area contributed by atoms with E-state index in [4.69, 9.17) is 14.0 Å². The molecule has 0 spiro atoms. The maximum Gasteiger partial charge on any atom is 0.259 e. The SMILES string of the molecule is CCC1CCCCN1C(=O)c1cc(-c2ccc3c(c2)OCO3)nc2onc(C)c12. The molecule has 150 valence electrons. The number of pyridine rings is 1. The zero-order valence-corrected chi connectivity index (χ0v) is 16.6. The lowest BCUT2D eigenvalue weighted by Crippen LogP contribution is -2.43. The Morgan fingerprint density at radius 3 is 2.93 bits per heavy atom. The Morgan fingerprint density at radius 2 is 2.07 bits per heavy atom. The van der Waals surface area contributed by atoms with Gasteiger partial charge in [-0.05, 0) is 56.9 Å². The molecule has 1 saturated heterocycles. The Morgan fingerprint density at radius 1 is 1.21 bits per heavy atom. The van der Waals surface area contributed by atoms with Crippen molar-refractivity contribution in [1.82, 2.24) is 15.0 Å². The van der Waals surface area contributed by atoms with Crippen LogP contribution in [0.1, 0.15) is 48.7 Å². The van der Waals surface area contributed by atoms with Crippen LogP contribution in [0.25, 0.3) is 22.4 Å². The minimum absolute atomic E-state index is 0.0252. The summed E-state index contributed by atoms with van der Waals surface area (Å²) >= 11 is 0. The van der Waals surface area contributed by atoms with E-state index in [0.717, 1.165) is 31.4 Å². The van der Waals surface area contributed by atoms with Gasteiger partial charge in [-0.3, -0.25) is 4.79 Å². The molecular formula is C22H23N3O4. The molecule has 0 bridgehead atoms. The van der Waals surface area contributed by atoms with Gasteiger partial charge in [0, 0.05) is 18.2 Å². The van der Waals surface area contributed by atoms with E-state index in [9.17, 15) is 4.79 Å². The standard InChI is InChI=1S/C22H23N3O4/c1-3-15-6-4-5-9-25(15)22(26)16-11-17(23-21-20(16)13(2)24-29-21)14-7-8-18-19(10-14)28-12-27-18/h7-8,10-11,15H,3-6,9,12H2,1-2H3. The van der Waals surface area contributed by atoms with Gasteiger partial charge >= 0.3 is 0 Å². The number of fused-ring (bicyclic) bond motifs is 2. The van der Waals surface area contributed by atoms with Crippen molar-refractivity contribution >= 4 is 17.0 Å². The van der Waals surface area contributed by atoms with Gasteiger partial charge in [-0.25, -0.2) is 4.98 Å². The number of benzene rings is 1. The molecule has 0 saturated carbocycles. The van der Waals surface area contributed by atoms with Crippen molar-refractivity contribution in [3.8, 4) is 22.8 Å². The van der Waals surface area contributed by atoms with Gasteiger partial charge in [-0.1, -0.05) is 12.1 Å². The summed E-state index contributed by atoms with van der Waals surface area (Å²) in [6, 6.07) is 7.77. The molecule has 1 atom stereocenters. The molecule has 2 aliphatic heterocycles. The molecule has 4 heterocycles. The number of amides is 1. The number of aryl methyl sites for hydroxylation is 1. The van der Waals surface area contributed by atoms with E-state index < -0.39 is 0 Å². The summed E-state index contributed by atoms with van der Waals surface area (Å²) in [5, 5.41) is 4.76. The first-order valence-electron chi connectivity index (χ1n) is 10.1. The molecule has 1 amide bonds. The van der Waals surface area contributed by atoms with E-state index in [1.807, 2.05) is 36.1 Å². The molecule has 1 aromatic carbocycles. The van der Waals surface area contributed by atoms with Crippen LogP contribution in [0.15, 0.2) is 28.8 Å². The molecule has 7 nitrogen and oxygen atoms in total. The first-order valence-corrected chi connectivity index (χ1v) is 10.1. The molecule has 7 heteroatoms. The molecule has 0 aliphatic carbocycles. The Hall–Kier alpha value is -3.09. The highest BCUT2D eigenvalue weighted by atomic mass is 16.7. The van der Waals surface area contributed by atoms with Crippen LogP contribution in [0.4, 0.5) is 0 Å². The van der Waals surface area contributed by atoms with Gasteiger partial charge in [0.15, 0.2) is 11.5 Å². The number of piperidine rings is 1. The second-order valence-corrected chi connectivity index (χ2v) is 7.63.